The summed E-state index contributed by atoms with van der Waals surface area (Å²) in [6.45, 7) is 0. The lowest BCUT2D eigenvalue weighted by Crippen LogP contribution is -2.14. The molecule has 0 unspecified atom stereocenters. The fourth-order valence-electron chi connectivity index (χ4n) is 3.62. The number of nitrogens with one attached hydrogen (secondary N) is 2. The van der Waals surface area contributed by atoms with Gasteiger partial charge in [0.25, 0.3) is 5.91 Å². The number of rotatable bonds is 4. The van der Waals surface area contributed by atoms with Crippen LogP contribution in [-0.4, -0.2) is 25.4 Å². The highest BCUT2D eigenvalue weighted by Gasteiger charge is 2.18. The Morgan fingerprint density at radius 3 is 2.35 bits per heavy atom. The van der Waals surface area contributed by atoms with Crippen LogP contribution in [0, 0.1) is 5.82 Å². The molecule has 0 bridgehead atoms. The number of H-pyrrole nitrogens is 2. The summed E-state index contributed by atoms with van der Waals surface area (Å²) >= 11 is 0. The summed E-state index contributed by atoms with van der Waals surface area (Å²) in [6, 6.07) is 20.5. The van der Waals surface area contributed by atoms with Crippen molar-refractivity contribution in [1.29, 1.82) is 0 Å². The van der Waals surface area contributed by atoms with Crippen LogP contribution < -0.4 is 11.4 Å². The van der Waals surface area contributed by atoms with Crippen LogP contribution in [0.4, 0.5) is 4.39 Å². The van der Waals surface area contributed by atoms with E-state index in [1.165, 1.54) is 12.1 Å². The largest absolute Gasteiger partial charge is 0.363 e. The number of nitrogens with zero attached hydrogens (tertiary/aromatic N) is 2. The summed E-state index contributed by atoms with van der Waals surface area (Å²) in [5, 5.41) is 0. The van der Waals surface area contributed by atoms with Crippen LogP contribution in [0.5, 0.6) is 0 Å². The van der Waals surface area contributed by atoms with Gasteiger partial charge in [-0.1, -0.05) is 24.3 Å². The molecule has 0 radical (unpaired) electrons. The van der Waals surface area contributed by atoms with Gasteiger partial charge in [-0.25, -0.2) is 14.2 Å². The number of primary amides is 1. The zero-order chi connectivity index (χ0) is 21.5. The molecule has 4 N–H and O–H groups in total. The number of nitrogens with two attached hydrogens (primary N) is 1. The van der Waals surface area contributed by atoms with Gasteiger partial charge in [-0.05, 0) is 48.5 Å². The fraction of sp³-hybridized carbons (Fsp3) is 0. The molecular formula is C23H16FN5O2. The van der Waals surface area contributed by atoms with Gasteiger partial charge in [0.15, 0.2) is 5.82 Å². The predicted molar refractivity (Wildman–Crippen MR) is 115 cm³/mol. The normalized spacial score (nSPS) is 11.1. The Morgan fingerprint density at radius 1 is 0.935 bits per heavy atom. The predicted octanol–water partition coefficient (Wildman–Crippen LogP) is 3.61. The van der Waals surface area contributed by atoms with Crippen molar-refractivity contribution in [2.45, 2.75) is 0 Å². The van der Waals surface area contributed by atoms with Gasteiger partial charge in [-0.15, -0.1) is 0 Å². The molecular weight excluding hydrogens is 397 g/mol. The van der Waals surface area contributed by atoms with E-state index in [1.807, 2.05) is 42.5 Å². The van der Waals surface area contributed by atoms with E-state index in [-0.39, 0.29) is 17.3 Å². The summed E-state index contributed by atoms with van der Waals surface area (Å²) in [7, 11) is 0. The van der Waals surface area contributed by atoms with Crippen LogP contribution in [-0.2, 0) is 0 Å². The van der Waals surface area contributed by atoms with Gasteiger partial charge >= 0.3 is 5.69 Å². The van der Waals surface area contributed by atoms with Crippen LogP contribution in [0.2, 0.25) is 0 Å². The molecule has 0 spiro atoms. The van der Waals surface area contributed by atoms with Gasteiger partial charge < -0.3 is 15.7 Å². The molecule has 8 heteroatoms. The molecule has 31 heavy (non-hydrogen) atoms. The number of aromatic nitrogens is 4. The molecule has 5 aromatic rings. The van der Waals surface area contributed by atoms with Crippen molar-refractivity contribution in [2.75, 3.05) is 0 Å². The van der Waals surface area contributed by atoms with E-state index in [0.29, 0.717) is 33.5 Å². The molecule has 0 aliphatic rings. The number of aromatic amines is 2. The molecule has 5 rings (SSSR count). The first-order chi connectivity index (χ1) is 15.0. The second-order valence-electron chi connectivity index (χ2n) is 7.01. The summed E-state index contributed by atoms with van der Waals surface area (Å²) in [5.41, 5.74) is 9.51. The Labute approximate surface area is 175 Å². The van der Waals surface area contributed by atoms with Crippen molar-refractivity contribution >= 4 is 16.9 Å². The van der Waals surface area contributed by atoms with E-state index in [4.69, 9.17) is 5.73 Å². The van der Waals surface area contributed by atoms with Gasteiger partial charge in [0.05, 0.1) is 28.1 Å². The SMILES string of the molecule is NC(=O)c1nc(-c2ccc3c(c2)[nH]c(=O)n3-c2ccccc2)c(-c2ccc(F)cc2)[nH]1. The lowest BCUT2D eigenvalue weighted by molar-refractivity contribution is 0.0991. The number of halogens is 1. The van der Waals surface area contributed by atoms with E-state index in [2.05, 4.69) is 15.0 Å². The number of benzene rings is 3. The maximum absolute atomic E-state index is 13.4. The molecule has 0 atom stereocenters. The van der Waals surface area contributed by atoms with E-state index in [1.54, 1.807) is 22.8 Å². The van der Waals surface area contributed by atoms with Crippen molar-refractivity contribution in [1.82, 2.24) is 19.5 Å². The van der Waals surface area contributed by atoms with Crippen molar-refractivity contribution in [3.8, 4) is 28.2 Å². The summed E-state index contributed by atoms with van der Waals surface area (Å²) < 4.78 is 15.0. The van der Waals surface area contributed by atoms with E-state index < -0.39 is 5.91 Å². The highest BCUT2D eigenvalue weighted by Crippen LogP contribution is 2.32. The Hall–Kier alpha value is -4.46. The Bertz CT molecular complexity index is 1480. The first-order valence-electron chi connectivity index (χ1n) is 9.47. The molecule has 3 aromatic carbocycles. The maximum Gasteiger partial charge on any atom is 0.331 e. The fourth-order valence-corrected chi connectivity index (χ4v) is 3.62. The standard InChI is InChI=1S/C23H16FN5O2/c24-15-9-6-13(7-10-15)19-20(28-22(27-19)21(25)30)14-8-11-18-17(12-14)26-23(31)29(18)16-4-2-1-3-5-16/h1-12H,(H2,25,30)(H,26,31)(H,27,28). The average molecular weight is 413 g/mol. The monoisotopic (exact) mass is 413 g/mol. The van der Waals surface area contributed by atoms with Gasteiger partial charge in [-0.3, -0.25) is 9.36 Å². The van der Waals surface area contributed by atoms with E-state index in [0.717, 1.165) is 5.69 Å². The number of imidazole rings is 2. The first-order valence-corrected chi connectivity index (χ1v) is 9.47. The molecule has 0 aliphatic carbocycles. The Morgan fingerprint density at radius 2 is 1.65 bits per heavy atom. The number of amides is 1. The number of hydrogen-bond donors (Lipinski definition) is 3. The van der Waals surface area contributed by atoms with Gasteiger partial charge in [0.2, 0.25) is 0 Å². The Kier molecular flexibility index (Phi) is 4.25. The summed E-state index contributed by atoms with van der Waals surface area (Å²) in [6.07, 6.45) is 0. The number of fused-ring (bicyclic) bond motifs is 1. The van der Waals surface area contributed by atoms with Crippen LogP contribution in [0.15, 0.2) is 77.6 Å². The number of carbonyl (C=O) groups is 1. The van der Waals surface area contributed by atoms with Crippen LogP contribution >= 0.6 is 0 Å². The zero-order valence-electron chi connectivity index (χ0n) is 16.1. The smallest absolute Gasteiger partial charge is 0.331 e. The van der Waals surface area contributed by atoms with Gasteiger partial charge in [-0.2, -0.15) is 0 Å². The summed E-state index contributed by atoms with van der Waals surface area (Å²) in [4.78, 5) is 34.4. The maximum atomic E-state index is 13.4. The van der Waals surface area contributed by atoms with Crippen LogP contribution in [0.1, 0.15) is 10.6 Å². The topological polar surface area (TPSA) is 110 Å². The van der Waals surface area contributed by atoms with Crippen molar-refractivity contribution in [3.05, 3.63) is 94.9 Å². The Balaban J connectivity index is 1.69. The highest BCUT2D eigenvalue weighted by molar-refractivity contribution is 5.93. The van der Waals surface area contributed by atoms with Gasteiger partial charge in [0.1, 0.15) is 5.82 Å². The van der Waals surface area contributed by atoms with Gasteiger partial charge in [0, 0.05) is 11.1 Å². The number of para-hydroxylation sites is 1. The molecule has 0 saturated carbocycles. The molecule has 1 amide bonds. The van der Waals surface area contributed by atoms with E-state index >= 15 is 0 Å². The van der Waals surface area contributed by atoms with Crippen molar-refractivity contribution < 1.29 is 9.18 Å². The minimum Gasteiger partial charge on any atom is -0.363 e. The molecule has 0 fully saturated rings. The molecule has 0 aliphatic heterocycles. The third kappa shape index (κ3) is 3.20. The summed E-state index contributed by atoms with van der Waals surface area (Å²) in [5.74, 6) is -1.09. The highest BCUT2D eigenvalue weighted by atomic mass is 19.1. The lowest BCUT2D eigenvalue weighted by atomic mass is 10.0. The molecule has 0 saturated heterocycles. The average Bonchev–Trinajstić information content (AvgIpc) is 3.35. The lowest BCUT2D eigenvalue weighted by Gasteiger charge is -2.05. The second kappa shape index (κ2) is 7.10. The van der Waals surface area contributed by atoms with Crippen molar-refractivity contribution in [3.63, 3.8) is 0 Å². The van der Waals surface area contributed by atoms with Crippen molar-refractivity contribution in [2.24, 2.45) is 5.73 Å². The molecule has 2 heterocycles. The molecule has 2 aromatic heterocycles. The van der Waals surface area contributed by atoms with E-state index in [9.17, 15) is 14.0 Å². The van der Waals surface area contributed by atoms with Crippen LogP contribution in [0.25, 0.3) is 39.2 Å². The molecule has 7 nitrogen and oxygen atoms in total. The number of carbonyl (C=O) groups excluding carboxylic acids is 1. The third-order valence-electron chi connectivity index (χ3n) is 5.04. The van der Waals surface area contributed by atoms with Crippen LogP contribution in [0.3, 0.4) is 0 Å². The quantitative estimate of drug-likeness (QED) is 0.419. The third-order valence-corrected chi connectivity index (χ3v) is 5.04. The number of hydrogen-bond acceptors (Lipinski definition) is 3. The minimum absolute atomic E-state index is 0.00947. The first kappa shape index (κ1) is 18.6. The minimum atomic E-state index is -0.709. The second-order valence-corrected chi connectivity index (χ2v) is 7.01. The zero-order valence-corrected chi connectivity index (χ0v) is 16.1. The molecule has 152 valence electrons.